The van der Waals surface area contributed by atoms with E-state index in [2.05, 4.69) is 6.58 Å². The lowest BCUT2D eigenvalue weighted by atomic mass is 10.2. The molecule has 8 heteroatoms. The van der Waals surface area contributed by atoms with E-state index in [1.165, 1.54) is 12.1 Å². The van der Waals surface area contributed by atoms with Crippen LogP contribution in [0.4, 0.5) is 0 Å². The average Bonchev–Trinajstić information content (AvgIpc) is 2.59. The van der Waals surface area contributed by atoms with Crippen molar-refractivity contribution < 1.29 is 31.6 Å². The Morgan fingerprint density at radius 3 is 2.60 bits per heavy atom. The van der Waals surface area contributed by atoms with Gasteiger partial charge < -0.3 is 18.4 Å². The van der Waals surface area contributed by atoms with E-state index in [-0.39, 0.29) is 24.4 Å². The minimum absolute atomic E-state index is 0.0499. The number of carbonyl (C=O) groups excluding carboxylic acids is 1. The Balaban J connectivity index is 1.75. The fourth-order valence-electron chi connectivity index (χ4n) is 2.16. The van der Waals surface area contributed by atoms with Gasteiger partial charge >= 0.3 is 16.1 Å². The lowest BCUT2D eigenvalue weighted by Gasteiger charge is -2.22. The van der Waals surface area contributed by atoms with Crippen LogP contribution < -0.4 is 0 Å². The summed E-state index contributed by atoms with van der Waals surface area (Å²) >= 11 is 0. The van der Waals surface area contributed by atoms with Crippen LogP contribution in [0.5, 0.6) is 0 Å². The van der Waals surface area contributed by atoms with E-state index in [9.17, 15) is 13.2 Å². The van der Waals surface area contributed by atoms with Crippen LogP contribution >= 0.6 is 0 Å². The van der Waals surface area contributed by atoms with Crippen molar-refractivity contribution in [2.75, 3.05) is 19.8 Å². The van der Waals surface area contributed by atoms with Gasteiger partial charge in [0.2, 0.25) is 5.76 Å². The standard InChI is InChI=1S/C17H22O7S/c1-13-6-8-15(9-7-13)25(19,20)24-14(2)17(18)23-12-11-22-16-5-3-4-10-21-16/h6-9,16H,2-5,10-12H2,1H3. The van der Waals surface area contributed by atoms with Gasteiger partial charge in [0.15, 0.2) is 6.29 Å². The highest BCUT2D eigenvalue weighted by Gasteiger charge is 2.22. The van der Waals surface area contributed by atoms with Crippen molar-refractivity contribution in [3.8, 4) is 0 Å². The molecule has 1 unspecified atom stereocenters. The topological polar surface area (TPSA) is 88.1 Å². The Hall–Kier alpha value is -1.90. The first-order valence-corrected chi connectivity index (χ1v) is 9.40. The third-order valence-corrected chi connectivity index (χ3v) is 4.78. The van der Waals surface area contributed by atoms with E-state index in [0.29, 0.717) is 6.61 Å². The van der Waals surface area contributed by atoms with Gasteiger partial charge in [-0.25, -0.2) is 4.79 Å². The normalized spacial score (nSPS) is 17.7. The SMILES string of the molecule is C=C(OS(=O)(=O)c1ccc(C)cc1)C(=O)OCCOC1CCCCO1. The Morgan fingerprint density at radius 2 is 1.96 bits per heavy atom. The van der Waals surface area contributed by atoms with Crippen LogP contribution in [-0.4, -0.2) is 40.5 Å². The molecule has 1 aliphatic rings. The molecule has 1 heterocycles. The molecule has 138 valence electrons. The predicted molar refractivity (Wildman–Crippen MR) is 89.1 cm³/mol. The number of hydrogen-bond donors (Lipinski definition) is 0. The third kappa shape index (κ3) is 6.15. The van der Waals surface area contributed by atoms with Crippen LogP contribution in [-0.2, 0) is 33.3 Å². The summed E-state index contributed by atoms with van der Waals surface area (Å²) in [6.45, 7) is 5.89. The molecule has 1 atom stereocenters. The molecular formula is C17H22O7S. The molecular weight excluding hydrogens is 348 g/mol. The van der Waals surface area contributed by atoms with E-state index >= 15 is 0 Å². The second-order valence-electron chi connectivity index (χ2n) is 5.58. The first-order chi connectivity index (χ1) is 11.9. The van der Waals surface area contributed by atoms with Crippen molar-refractivity contribution in [3.05, 3.63) is 42.2 Å². The van der Waals surface area contributed by atoms with Gasteiger partial charge in [-0.1, -0.05) is 17.7 Å². The van der Waals surface area contributed by atoms with Gasteiger partial charge in [0, 0.05) is 6.61 Å². The van der Waals surface area contributed by atoms with Gasteiger partial charge in [0.05, 0.1) is 6.61 Å². The fourth-order valence-corrected chi connectivity index (χ4v) is 3.06. The number of carbonyl (C=O) groups is 1. The van der Waals surface area contributed by atoms with Crippen molar-refractivity contribution in [2.45, 2.75) is 37.4 Å². The van der Waals surface area contributed by atoms with E-state index in [1.54, 1.807) is 12.1 Å². The second kappa shape index (κ2) is 8.98. The van der Waals surface area contributed by atoms with Crippen LogP contribution in [0.15, 0.2) is 41.5 Å². The van der Waals surface area contributed by atoms with Crippen LogP contribution in [0.1, 0.15) is 24.8 Å². The summed E-state index contributed by atoms with van der Waals surface area (Å²) in [5.41, 5.74) is 0.902. The quantitative estimate of drug-likeness (QED) is 0.228. The number of benzene rings is 1. The van der Waals surface area contributed by atoms with Crippen LogP contribution in [0, 0.1) is 6.92 Å². The maximum atomic E-state index is 12.1. The Labute approximate surface area is 147 Å². The molecule has 1 aliphatic heterocycles. The summed E-state index contributed by atoms with van der Waals surface area (Å²) in [6, 6.07) is 6.03. The Morgan fingerprint density at radius 1 is 1.24 bits per heavy atom. The first-order valence-electron chi connectivity index (χ1n) is 7.99. The zero-order valence-electron chi connectivity index (χ0n) is 14.1. The number of aryl methyl sites for hydroxylation is 1. The molecule has 0 aromatic heterocycles. The lowest BCUT2D eigenvalue weighted by molar-refractivity contribution is -0.173. The number of ether oxygens (including phenoxy) is 3. The van der Waals surface area contributed by atoms with Gasteiger partial charge in [-0.15, -0.1) is 0 Å². The average molecular weight is 370 g/mol. The van der Waals surface area contributed by atoms with Crippen molar-refractivity contribution in [1.82, 2.24) is 0 Å². The fraction of sp³-hybridized carbons (Fsp3) is 0.471. The molecule has 7 nitrogen and oxygen atoms in total. The van der Waals surface area contributed by atoms with E-state index < -0.39 is 21.8 Å². The van der Waals surface area contributed by atoms with E-state index in [0.717, 1.165) is 24.8 Å². The summed E-state index contributed by atoms with van der Waals surface area (Å²) in [5.74, 6) is -1.56. The van der Waals surface area contributed by atoms with Crippen molar-refractivity contribution >= 4 is 16.1 Å². The third-order valence-electron chi connectivity index (χ3n) is 3.51. The monoisotopic (exact) mass is 370 g/mol. The smallest absolute Gasteiger partial charge is 0.374 e. The molecule has 0 spiro atoms. The van der Waals surface area contributed by atoms with Gasteiger partial charge in [0.25, 0.3) is 0 Å². The largest absolute Gasteiger partial charge is 0.457 e. The molecule has 1 fully saturated rings. The molecule has 1 aromatic carbocycles. The maximum Gasteiger partial charge on any atom is 0.374 e. The van der Waals surface area contributed by atoms with Crippen molar-refractivity contribution in [3.63, 3.8) is 0 Å². The van der Waals surface area contributed by atoms with Gasteiger partial charge in [0.1, 0.15) is 11.5 Å². The highest BCUT2D eigenvalue weighted by atomic mass is 32.2. The zero-order valence-corrected chi connectivity index (χ0v) is 14.9. The lowest BCUT2D eigenvalue weighted by Crippen LogP contribution is -2.24. The number of esters is 1. The molecule has 0 saturated carbocycles. The summed E-state index contributed by atoms with van der Waals surface area (Å²) in [5, 5.41) is 0. The minimum Gasteiger partial charge on any atom is -0.457 e. The summed E-state index contributed by atoms with van der Waals surface area (Å²) in [4.78, 5) is 11.7. The maximum absolute atomic E-state index is 12.1. The minimum atomic E-state index is -4.12. The van der Waals surface area contributed by atoms with Crippen molar-refractivity contribution in [2.24, 2.45) is 0 Å². The van der Waals surface area contributed by atoms with Gasteiger partial charge in [-0.05, 0) is 44.9 Å². The second-order valence-corrected chi connectivity index (χ2v) is 7.12. The number of hydrogen-bond acceptors (Lipinski definition) is 7. The van der Waals surface area contributed by atoms with Crippen LogP contribution in [0.2, 0.25) is 0 Å². The predicted octanol–water partition coefficient (Wildman–Crippen LogP) is 2.30. The molecule has 25 heavy (non-hydrogen) atoms. The van der Waals surface area contributed by atoms with E-state index in [1.807, 2.05) is 6.92 Å². The molecule has 0 aliphatic carbocycles. The zero-order chi connectivity index (χ0) is 18.3. The molecule has 1 aromatic rings. The van der Waals surface area contributed by atoms with Crippen LogP contribution in [0.25, 0.3) is 0 Å². The number of rotatable bonds is 8. The summed E-state index contributed by atoms with van der Waals surface area (Å²) < 4.78 is 44.5. The van der Waals surface area contributed by atoms with E-state index in [4.69, 9.17) is 18.4 Å². The summed E-state index contributed by atoms with van der Waals surface area (Å²) in [6.07, 6.45) is 2.57. The highest BCUT2D eigenvalue weighted by Crippen LogP contribution is 2.17. The van der Waals surface area contributed by atoms with Gasteiger partial charge in [-0.3, -0.25) is 0 Å². The first kappa shape index (κ1) is 19.4. The molecule has 0 N–H and O–H groups in total. The molecule has 0 bridgehead atoms. The highest BCUT2D eigenvalue weighted by molar-refractivity contribution is 7.86. The Bertz CT molecular complexity index is 688. The van der Waals surface area contributed by atoms with Gasteiger partial charge in [-0.2, -0.15) is 8.42 Å². The molecule has 1 saturated heterocycles. The Kier molecular flexibility index (Phi) is 6.98. The van der Waals surface area contributed by atoms with Crippen LogP contribution in [0.3, 0.4) is 0 Å². The molecule has 0 amide bonds. The van der Waals surface area contributed by atoms with Crippen molar-refractivity contribution in [1.29, 1.82) is 0 Å². The molecule has 2 rings (SSSR count). The summed E-state index contributed by atoms with van der Waals surface area (Å²) in [7, 11) is -4.12. The molecule has 0 radical (unpaired) electrons.